The Kier molecular flexibility index (Phi) is 3.43. The number of aromatic carboxylic acids is 1. The molecular weight excluding hydrogens is 208 g/mol. The van der Waals surface area contributed by atoms with Gasteiger partial charge in [0.1, 0.15) is 12.4 Å². The summed E-state index contributed by atoms with van der Waals surface area (Å²) >= 11 is 0. The van der Waals surface area contributed by atoms with E-state index in [4.69, 9.17) is 10.8 Å². The molecule has 1 rings (SSSR count). The van der Waals surface area contributed by atoms with E-state index in [9.17, 15) is 13.6 Å². The number of hydrogen-bond donors (Lipinski definition) is 2. The molecule has 3 N–H and O–H groups in total. The molecule has 0 aliphatic carbocycles. The van der Waals surface area contributed by atoms with E-state index in [2.05, 4.69) is 4.74 Å². The van der Waals surface area contributed by atoms with Crippen LogP contribution >= 0.6 is 0 Å². The monoisotopic (exact) mass is 217 g/mol. The Morgan fingerprint density at radius 1 is 1.53 bits per heavy atom. The summed E-state index contributed by atoms with van der Waals surface area (Å²) in [5, 5.41) is 8.68. The Bertz CT molecular complexity index is 368. The molecule has 0 amide bonds. The second kappa shape index (κ2) is 4.59. The molecule has 0 aromatic heterocycles. The lowest BCUT2D eigenvalue weighted by Gasteiger charge is -2.09. The summed E-state index contributed by atoms with van der Waals surface area (Å²) in [4.78, 5) is 10.6. The number of carbonyl (C=O) groups is 1. The summed E-state index contributed by atoms with van der Waals surface area (Å²) in [5.41, 5.74) is 5.11. The molecule has 4 nitrogen and oxygen atoms in total. The molecule has 15 heavy (non-hydrogen) atoms. The molecule has 0 aliphatic rings. The van der Waals surface area contributed by atoms with Crippen LogP contribution in [0.5, 0.6) is 5.75 Å². The number of nitrogens with two attached hydrogens (primary N) is 1. The molecule has 0 unspecified atom stereocenters. The molecule has 0 atom stereocenters. The minimum absolute atomic E-state index is 0.0461. The van der Waals surface area contributed by atoms with Gasteiger partial charge in [0.25, 0.3) is 6.43 Å². The van der Waals surface area contributed by atoms with Gasteiger partial charge in [-0.3, -0.25) is 0 Å². The first-order valence-corrected chi connectivity index (χ1v) is 4.05. The van der Waals surface area contributed by atoms with E-state index >= 15 is 0 Å². The van der Waals surface area contributed by atoms with Gasteiger partial charge in [-0.15, -0.1) is 0 Å². The van der Waals surface area contributed by atoms with Crippen molar-refractivity contribution in [2.24, 2.45) is 0 Å². The maximum absolute atomic E-state index is 11.8. The highest BCUT2D eigenvalue weighted by Gasteiger charge is 2.13. The number of halogens is 2. The van der Waals surface area contributed by atoms with Crippen molar-refractivity contribution in [3.8, 4) is 5.75 Å². The number of anilines is 1. The fourth-order valence-corrected chi connectivity index (χ4v) is 1.01. The average molecular weight is 217 g/mol. The number of ether oxygens (including phenoxy) is 1. The average Bonchev–Trinajstić information content (AvgIpc) is 2.15. The number of carboxylic acids is 1. The smallest absolute Gasteiger partial charge is 0.337 e. The summed E-state index contributed by atoms with van der Waals surface area (Å²) in [7, 11) is 0. The molecular formula is C9H9F2NO3. The molecule has 0 radical (unpaired) electrons. The second-order valence-corrected chi connectivity index (χ2v) is 2.72. The van der Waals surface area contributed by atoms with Crippen molar-refractivity contribution in [2.45, 2.75) is 6.43 Å². The predicted molar refractivity (Wildman–Crippen MR) is 49.3 cm³/mol. The van der Waals surface area contributed by atoms with Crippen molar-refractivity contribution in [1.29, 1.82) is 0 Å². The van der Waals surface area contributed by atoms with E-state index in [1.807, 2.05) is 0 Å². The number of hydrogen-bond acceptors (Lipinski definition) is 3. The lowest BCUT2D eigenvalue weighted by Crippen LogP contribution is -2.10. The summed E-state index contributed by atoms with van der Waals surface area (Å²) in [6.07, 6.45) is -2.63. The van der Waals surface area contributed by atoms with Gasteiger partial charge in [-0.1, -0.05) is 6.07 Å². The van der Waals surface area contributed by atoms with Crippen LogP contribution in [0.2, 0.25) is 0 Å². The number of alkyl halides is 2. The Morgan fingerprint density at radius 3 is 2.73 bits per heavy atom. The first-order chi connectivity index (χ1) is 7.02. The highest BCUT2D eigenvalue weighted by molar-refractivity contribution is 5.95. The van der Waals surface area contributed by atoms with Crippen LogP contribution in [0.25, 0.3) is 0 Å². The van der Waals surface area contributed by atoms with E-state index in [-0.39, 0.29) is 17.0 Å². The van der Waals surface area contributed by atoms with Crippen LogP contribution in [-0.4, -0.2) is 24.1 Å². The lowest BCUT2D eigenvalue weighted by molar-refractivity contribution is 0.0696. The van der Waals surface area contributed by atoms with Gasteiger partial charge in [0.15, 0.2) is 0 Å². The van der Waals surface area contributed by atoms with Crippen LogP contribution in [0.15, 0.2) is 18.2 Å². The molecule has 0 bridgehead atoms. The largest absolute Gasteiger partial charge is 0.485 e. The number of para-hydroxylation sites is 1. The zero-order valence-corrected chi connectivity index (χ0v) is 7.61. The van der Waals surface area contributed by atoms with Gasteiger partial charge >= 0.3 is 5.97 Å². The van der Waals surface area contributed by atoms with Gasteiger partial charge in [-0.2, -0.15) is 0 Å². The van der Waals surface area contributed by atoms with Crippen LogP contribution < -0.4 is 10.5 Å². The quantitative estimate of drug-likeness (QED) is 0.751. The van der Waals surface area contributed by atoms with Crippen LogP contribution in [0, 0.1) is 0 Å². The molecule has 0 heterocycles. The van der Waals surface area contributed by atoms with Crippen LogP contribution in [0.1, 0.15) is 10.4 Å². The molecule has 0 saturated heterocycles. The van der Waals surface area contributed by atoms with Crippen LogP contribution in [-0.2, 0) is 0 Å². The van der Waals surface area contributed by atoms with Gasteiger partial charge in [0.2, 0.25) is 0 Å². The van der Waals surface area contributed by atoms with E-state index in [1.54, 1.807) is 0 Å². The summed E-state index contributed by atoms with van der Waals surface area (Å²) in [6.45, 7) is -0.812. The fraction of sp³-hybridized carbons (Fsp3) is 0.222. The molecule has 0 saturated carbocycles. The molecule has 82 valence electrons. The standard InChI is InChI=1S/C9H9F2NO3/c10-7(11)4-15-6-3-1-2-5(8(6)12)9(13)14/h1-3,7H,4,12H2,(H,13,14). The van der Waals surface area contributed by atoms with E-state index < -0.39 is 19.0 Å². The van der Waals surface area contributed by atoms with Gasteiger partial charge < -0.3 is 15.6 Å². The summed E-state index contributed by atoms with van der Waals surface area (Å²) in [5.74, 6) is -1.27. The van der Waals surface area contributed by atoms with Crippen LogP contribution in [0.3, 0.4) is 0 Å². The highest BCUT2D eigenvalue weighted by atomic mass is 19.3. The molecule has 0 fully saturated rings. The Balaban J connectivity index is 2.89. The SMILES string of the molecule is Nc1c(OCC(F)F)cccc1C(=O)O. The first-order valence-electron chi connectivity index (χ1n) is 4.05. The second-order valence-electron chi connectivity index (χ2n) is 2.72. The lowest BCUT2D eigenvalue weighted by atomic mass is 10.1. The summed E-state index contributed by atoms with van der Waals surface area (Å²) in [6, 6.07) is 3.98. The zero-order chi connectivity index (χ0) is 11.4. The fourth-order valence-electron chi connectivity index (χ4n) is 1.01. The van der Waals surface area contributed by atoms with E-state index in [0.717, 1.165) is 0 Å². The maximum Gasteiger partial charge on any atom is 0.337 e. The molecule has 0 aliphatic heterocycles. The third-order valence-corrected chi connectivity index (χ3v) is 1.66. The van der Waals surface area contributed by atoms with Crippen molar-refractivity contribution in [3.05, 3.63) is 23.8 Å². The van der Waals surface area contributed by atoms with Crippen molar-refractivity contribution in [2.75, 3.05) is 12.3 Å². The third-order valence-electron chi connectivity index (χ3n) is 1.66. The van der Waals surface area contributed by atoms with E-state index in [0.29, 0.717) is 0 Å². The Hall–Kier alpha value is -1.85. The van der Waals surface area contributed by atoms with Gasteiger partial charge in [0.05, 0.1) is 11.3 Å². The number of rotatable bonds is 4. The Morgan fingerprint density at radius 2 is 2.20 bits per heavy atom. The number of benzene rings is 1. The van der Waals surface area contributed by atoms with Crippen molar-refractivity contribution < 1.29 is 23.4 Å². The maximum atomic E-state index is 11.8. The topological polar surface area (TPSA) is 72.5 Å². The molecule has 0 spiro atoms. The Labute approximate surface area is 84.3 Å². The summed E-state index contributed by atoms with van der Waals surface area (Å²) < 4.78 is 28.3. The third kappa shape index (κ3) is 2.80. The minimum Gasteiger partial charge on any atom is -0.485 e. The highest BCUT2D eigenvalue weighted by Crippen LogP contribution is 2.25. The van der Waals surface area contributed by atoms with Gasteiger partial charge in [0, 0.05) is 0 Å². The first kappa shape index (κ1) is 11.2. The molecule has 1 aromatic rings. The number of nitrogen functional groups attached to an aromatic ring is 1. The predicted octanol–water partition coefficient (Wildman–Crippen LogP) is 1.61. The minimum atomic E-state index is -2.63. The van der Waals surface area contributed by atoms with Gasteiger partial charge in [-0.05, 0) is 12.1 Å². The normalized spacial score (nSPS) is 10.3. The molecule has 1 aromatic carbocycles. The van der Waals surface area contributed by atoms with Crippen LogP contribution in [0.4, 0.5) is 14.5 Å². The zero-order valence-electron chi connectivity index (χ0n) is 7.61. The number of carboxylic acid groups (broad SMARTS) is 1. The van der Waals surface area contributed by atoms with Crippen molar-refractivity contribution >= 4 is 11.7 Å². The van der Waals surface area contributed by atoms with Crippen molar-refractivity contribution in [1.82, 2.24) is 0 Å². The molecule has 6 heteroatoms. The van der Waals surface area contributed by atoms with Gasteiger partial charge in [-0.25, -0.2) is 13.6 Å². The van der Waals surface area contributed by atoms with Crippen molar-refractivity contribution in [3.63, 3.8) is 0 Å². The van der Waals surface area contributed by atoms with E-state index in [1.165, 1.54) is 18.2 Å².